The molecule has 0 bridgehead atoms. The van der Waals surface area contributed by atoms with Gasteiger partial charge in [0.25, 0.3) is 0 Å². The van der Waals surface area contributed by atoms with Gasteiger partial charge in [-0.3, -0.25) is 9.78 Å². The molecule has 1 aromatic heterocycles. The first-order valence-corrected chi connectivity index (χ1v) is 14.4. The number of aliphatic hydroxyl groups is 1. The van der Waals surface area contributed by atoms with Crippen molar-refractivity contribution in [1.29, 1.82) is 0 Å². The number of aromatic nitrogens is 1. The van der Waals surface area contributed by atoms with Crippen LogP contribution in [0.3, 0.4) is 0 Å². The van der Waals surface area contributed by atoms with Crippen LogP contribution in [0.5, 0.6) is 0 Å². The molecular weight excluding hydrogens is 520 g/mol. The molecule has 1 amide bonds. The van der Waals surface area contributed by atoms with Crippen LogP contribution in [-0.2, 0) is 22.2 Å². The normalized spacial score (nSPS) is 16.8. The second-order valence-electron chi connectivity index (χ2n) is 12.1. The minimum Gasteiger partial charge on any atom is -0.390 e. The van der Waals surface area contributed by atoms with Crippen molar-refractivity contribution >= 4 is 12.0 Å². The average Bonchev–Trinajstić information content (AvgIpc) is 2.94. The molecule has 2 aromatic carbocycles. The molecule has 1 aliphatic carbocycles. The molecule has 1 fully saturated rings. The Morgan fingerprint density at radius 1 is 1.05 bits per heavy atom. The van der Waals surface area contributed by atoms with Crippen LogP contribution in [0.25, 0.3) is 6.08 Å². The highest BCUT2D eigenvalue weighted by atomic mass is 19.1. The maximum atomic E-state index is 14.0. The van der Waals surface area contributed by atoms with Crippen LogP contribution in [0.2, 0.25) is 0 Å². The Bertz CT molecular complexity index is 1310. The minimum atomic E-state index is -1.01. The van der Waals surface area contributed by atoms with Crippen molar-refractivity contribution in [3.05, 3.63) is 107 Å². The number of aliphatic hydroxyl groups excluding tert-OH is 1. The lowest BCUT2D eigenvalue weighted by atomic mass is 9.74. The summed E-state index contributed by atoms with van der Waals surface area (Å²) in [7, 11) is 0. The third-order valence-corrected chi connectivity index (χ3v) is 7.92. The van der Waals surface area contributed by atoms with Crippen molar-refractivity contribution in [2.45, 2.75) is 82.4 Å². The Labute approximate surface area is 242 Å². The zero-order valence-electron chi connectivity index (χ0n) is 24.2. The van der Waals surface area contributed by atoms with E-state index in [9.17, 15) is 18.7 Å². The van der Waals surface area contributed by atoms with Crippen LogP contribution in [0.15, 0.2) is 73.1 Å². The van der Waals surface area contributed by atoms with Gasteiger partial charge in [-0.2, -0.15) is 0 Å². The fourth-order valence-electron chi connectivity index (χ4n) is 5.59. The lowest BCUT2D eigenvalue weighted by molar-refractivity contribution is -0.117. The molecule has 3 N–H and O–H groups in total. The van der Waals surface area contributed by atoms with Crippen LogP contribution < -0.4 is 10.6 Å². The van der Waals surface area contributed by atoms with Crippen LogP contribution in [0.4, 0.5) is 8.78 Å². The van der Waals surface area contributed by atoms with Crippen LogP contribution in [-0.4, -0.2) is 34.7 Å². The average molecular weight is 562 g/mol. The number of nitrogens with zero attached hydrogens (tertiary/aromatic N) is 1. The quantitative estimate of drug-likeness (QED) is 0.258. The Kier molecular flexibility index (Phi) is 10.1. The molecule has 41 heavy (non-hydrogen) atoms. The molecule has 2 unspecified atom stereocenters. The van der Waals surface area contributed by atoms with Crippen LogP contribution in [0.1, 0.15) is 75.1 Å². The highest BCUT2D eigenvalue weighted by Gasteiger charge is 2.35. The Balaban J connectivity index is 1.55. The fraction of sp³-hybridized carbons (Fsp3) is 0.412. The molecule has 0 saturated heterocycles. The van der Waals surface area contributed by atoms with E-state index in [1.165, 1.54) is 29.3 Å². The first-order valence-electron chi connectivity index (χ1n) is 14.4. The van der Waals surface area contributed by atoms with Crippen molar-refractivity contribution in [2.24, 2.45) is 0 Å². The lowest BCUT2D eigenvalue weighted by Crippen LogP contribution is -2.53. The van der Waals surface area contributed by atoms with E-state index < -0.39 is 29.7 Å². The van der Waals surface area contributed by atoms with Crippen molar-refractivity contribution < 1.29 is 18.7 Å². The second kappa shape index (κ2) is 13.5. The fourth-order valence-corrected chi connectivity index (χ4v) is 5.59. The molecule has 0 aliphatic heterocycles. The van der Waals surface area contributed by atoms with Gasteiger partial charge >= 0.3 is 0 Å². The van der Waals surface area contributed by atoms with Gasteiger partial charge in [-0.05, 0) is 71.2 Å². The SMILES string of the molecule is CC(C)(C)c1cccc(C2(NCC(O)C(Cc3cc(F)cc(F)c3)NC(=O)/C=C/c3cccnc3)CCCCC2)c1. The maximum Gasteiger partial charge on any atom is 0.244 e. The zero-order chi connectivity index (χ0) is 29.5. The molecule has 1 aliphatic rings. The molecular formula is C34H41F2N3O2. The number of hydrogen-bond donors (Lipinski definition) is 3. The molecule has 7 heteroatoms. The monoisotopic (exact) mass is 561 g/mol. The third-order valence-electron chi connectivity index (χ3n) is 7.92. The molecule has 0 radical (unpaired) electrons. The van der Waals surface area contributed by atoms with Crippen molar-refractivity contribution in [3.63, 3.8) is 0 Å². The van der Waals surface area contributed by atoms with E-state index in [-0.39, 0.29) is 23.9 Å². The molecule has 218 valence electrons. The summed E-state index contributed by atoms with van der Waals surface area (Å²) < 4.78 is 28.0. The number of halogens is 2. The summed E-state index contributed by atoms with van der Waals surface area (Å²) in [5.74, 6) is -1.82. The summed E-state index contributed by atoms with van der Waals surface area (Å²) in [6, 6.07) is 14.7. The molecule has 5 nitrogen and oxygen atoms in total. The molecule has 4 rings (SSSR count). The molecule has 1 heterocycles. The first kappa shape index (κ1) is 30.5. The number of carbonyl (C=O) groups excluding carboxylic acids is 1. The highest BCUT2D eigenvalue weighted by molar-refractivity contribution is 5.91. The van der Waals surface area contributed by atoms with Gasteiger partial charge in [0.2, 0.25) is 5.91 Å². The highest BCUT2D eigenvalue weighted by Crippen LogP contribution is 2.38. The number of rotatable bonds is 10. The summed E-state index contributed by atoms with van der Waals surface area (Å²) in [6.07, 6.45) is 10.5. The van der Waals surface area contributed by atoms with Gasteiger partial charge in [0.05, 0.1) is 12.1 Å². The largest absolute Gasteiger partial charge is 0.390 e. The predicted octanol–water partition coefficient (Wildman–Crippen LogP) is 6.21. The van der Waals surface area contributed by atoms with Gasteiger partial charge in [0.15, 0.2) is 0 Å². The standard InChI is InChI=1S/C34H41F2N3O2/c1-33(2,3)26-10-7-11-27(20-26)34(14-5-4-6-15-34)38-23-31(40)30(19-25-17-28(35)21-29(36)18-25)39-32(41)13-12-24-9-8-16-37-22-24/h7-13,16-18,20-22,30-31,38,40H,4-6,14-15,19,23H2,1-3H3,(H,39,41)/b13-12+. The summed E-state index contributed by atoms with van der Waals surface area (Å²) in [5, 5.41) is 18.0. The van der Waals surface area contributed by atoms with Gasteiger partial charge in [-0.15, -0.1) is 0 Å². The van der Waals surface area contributed by atoms with Gasteiger partial charge in [-0.1, -0.05) is 70.4 Å². The number of nitrogens with one attached hydrogen (secondary N) is 2. The number of amides is 1. The molecule has 3 aromatic rings. The minimum absolute atomic E-state index is 0.00428. The lowest BCUT2D eigenvalue weighted by Gasteiger charge is -2.41. The van der Waals surface area contributed by atoms with Gasteiger partial charge in [0, 0.05) is 36.6 Å². The smallest absolute Gasteiger partial charge is 0.244 e. The van der Waals surface area contributed by atoms with Crippen molar-refractivity contribution in [2.75, 3.05) is 6.54 Å². The van der Waals surface area contributed by atoms with Crippen molar-refractivity contribution in [3.8, 4) is 0 Å². The van der Waals surface area contributed by atoms with Crippen molar-refractivity contribution in [1.82, 2.24) is 15.6 Å². The molecule has 1 saturated carbocycles. The third kappa shape index (κ3) is 8.54. The van der Waals surface area contributed by atoms with E-state index in [2.05, 4.69) is 60.7 Å². The molecule has 0 spiro atoms. The van der Waals surface area contributed by atoms with Crippen LogP contribution >= 0.6 is 0 Å². The number of hydrogen-bond acceptors (Lipinski definition) is 4. The molecule has 2 atom stereocenters. The second-order valence-corrected chi connectivity index (χ2v) is 12.1. The van der Waals surface area contributed by atoms with E-state index in [1.54, 1.807) is 24.5 Å². The van der Waals surface area contributed by atoms with E-state index in [1.807, 2.05) is 6.07 Å². The van der Waals surface area contributed by atoms with E-state index in [4.69, 9.17) is 0 Å². The summed E-state index contributed by atoms with van der Waals surface area (Å²) in [6.45, 7) is 6.79. The number of carbonyl (C=O) groups is 1. The van der Waals surface area contributed by atoms with E-state index in [0.29, 0.717) is 5.56 Å². The van der Waals surface area contributed by atoms with Gasteiger partial charge < -0.3 is 15.7 Å². The van der Waals surface area contributed by atoms with Gasteiger partial charge in [0.1, 0.15) is 11.6 Å². The number of benzene rings is 2. The summed E-state index contributed by atoms with van der Waals surface area (Å²) in [4.78, 5) is 16.9. The van der Waals surface area contributed by atoms with Crippen LogP contribution in [0, 0.1) is 11.6 Å². The zero-order valence-corrected chi connectivity index (χ0v) is 24.2. The predicted molar refractivity (Wildman–Crippen MR) is 159 cm³/mol. The van der Waals surface area contributed by atoms with E-state index in [0.717, 1.165) is 43.7 Å². The number of pyridine rings is 1. The summed E-state index contributed by atoms with van der Waals surface area (Å²) >= 11 is 0. The summed E-state index contributed by atoms with van der Waals surface area (Å²) in [5.41, 5.74) is 3.26. The Hall–Kier alpha value is -3.42. The Morgan fingerprint density at radius 3 is 2.44 bits per heavy atom. The topological polar surface area (TPSA) is 74.2 Å². The maximum absolute atomic E-state index is 14.0. The Morgan fingerprint density at radius 2 is 1.78 bits per heavy atom. The first-order chi connectivity index (χ1) is 19.5. The van der Waals surface area contributed by atoms with Gasteiger partial charge in [-0.25, -0.2) is 8.78 Å². The van der Waals surface area contributed by atoms with E-state index >= 15 is 0 Å².